The number of carbonyl (C=O) groups is 1. The monoisotopic (exact) mass is 374 g/mol. The Kier molecular flexibility index (Phi) is 7.38. The fourth-order valence-electron chi connectivity index (χ4n) is 2.01. The summed E-state index contributed by atoms with van der Waals surface area (Å²) in [5.74, 6) is -2.08. The molecule has 0 aliphatic carbocycles. The zero-order valence-corrected chi connectivity index (χ0v) is 17.0. The summed E-state index contributed by atoms with van der Waals surface area (Å²) in [6.45, 7) is 0. The van der Waals surface area contributed by atoms with E-state index in [4.69, 9.17) is 0 Å². The third kappa shape index (κ3) is 4.46. The molecule has 92 valence electrons. The Labute approximate surface area is 171 Å². The Morgan fingerprint density at radius 3 is 1.58 bits per heavy atom. The van der Waals surface area contributed by atoms with E-state index in [1.165, 1.54) is 0 Å². The molecule has 0 saturated heterocycles. The molecule has 0 unspecified atom stereocenters. The van der Waals surface area contributed by atoms with Crippen molar-refractivity contribution in [2.45, 2.75) is 12.0 Å². The van der Waals surface area contributed by atoms with Crippen LogP contribution in [0.15, 0.2) is 60.7 Å². The van der Waals surface area contributed by atoms with Gasteiger partial charge in [0.25, 0.3) is 0 Å². The van der Waals surface area contributed by atoms with E-state index in [-0.39, 0.29) is 68.9 Å². The molecule has 0 bridgehead atoms. The van der Waals surface area contributed by atoms with Crippen molar-refractivity contribution in [3.8, 4) is 0 Å². The molecular formula is C15H13CsO3. The minimum Gasteiger partial charge on any atom is -0.547 e. The zero-order valence-electron chi connectivity index (χ0n) is 10.7. The van der Waals surface area contributed by atoms with Crippen molar-refractivity contribution < 1.29 is 83.9 Å². The van der Waals surface area contributed by atoms with Gasteiger partial charge in [0, 0.05) is 5.92 Å². The van der Waals surface area contributed by atoms with Crippen LogP contribution in [0.3, 0.4) is 0 Å². The Hall–Kier alpha value is -0.0781. The fraction of sp³-hybridized carbons (Fsp3) is 0.133. The molecule has 2 aromatic carbocycles. The molecule has 1 atom stereocenters. The van der Waals surface area contributed by atoms with Crippen molar-refractivity contribution in [2.75, 3.05) is 0 Å². The van der Waals surface area contributed by atoms with Crippen LogP contribution in [0, 0.1) is 0 Å². The van der Waals surface area contributed by atoms with Gasteiger partial charge >= 0.3 is 68.9 Å². The number of hydrogen-bond donors (Lipinski definition) is 1. The van der Waals surface area contributed by atoms with Gasteiger partial charge in [-0.05, 0) is 11.1 Å². The van der Waals surface area contributed by atoms with Gasteiger partial charge in [0.15, 0.2) is 0 Å². The summed E-state index contributed by atoms with van der Waals surface area (Å²) >= 11 is 0. The normalized spacial score (nSPS) is 11.7. The summed E-state index contributed by atoms with van der Waals surface area (Å²) in [7, 11) is 0. The molecule has 3 nitrogen and oxygen atoms in total. The van der Waals surface area contributed by atoms with Gasteiger partial charge in [-0.3, -0.25) is 0 Å². The van der Waals surface area contributed by atoms with Gasteiger partial charge in [-0.25, -0.2) is 0 Å². The van der Waals surface area contributed by atoms with Crippen molar-refractivity contribution in [2.24, 2.45) is 0 Å². The second-order valence-corrected chi connectivity index (χ2v) is 4.06. The van der Waals surface area contributed by atoms with Crippen LogP contribution >= 0.6 is 0 Å². The van der Waals surface area contributed by atoms with Crippen LogP contribution in [-0.2, 0) is 4.79 Å². The Morgan fingerprint density at radius 2 is 1.26 bits per heavy atom. The molecular weight excluding hydrogens is 361 g/mol. The number of carboxylic acid groups (broad SMARTS) is 1. The standard InChI is InChI=1S/C15H14O3.Cs/c16-14(15(17)18)13(11-7-3-1-4-8-11)12-9-5-2-6-10-12;/h1-10,13-14,16H,(H,17,18);/q;+1/p-1/t14-;/m1./s1. The van der Waals surface area contributed by atoms with E-state index in [0.717, 1.165) is 11.1 Å². The molecule has 0 aliphatic rings. The molecule has 19 heavy (non-hydrogen) atoms. The predicted molar refractivity (Wildman–Crippen MR) is 65.7 cm³/mol. The quantitative estimate of drug-likeness (QED) is 0.670. The summed E-state index contributed by atoms with van der Waals surface area (Å²) in [6.07, 6.45) is -1.56. The van der Waals surface area contributed by atoms with E-state index in [9.17, 15) is 15.0 Å². The number of carboxylic acids is 1. The van der Waals surface area contributed by atoms with Crippen molar-refractivity contribution in [1.82, 2.24) is 0 Å². The average Bonchev–Trinajstić information content (AvgIpc) is 2.41. The van der Waals surface area contributed by atoms with Gasteiger partial charge in [-0.2, -0.15) is 0 Å². The van der Waals surface area contributed by atoms with Gasteiger partial charge in [0.1, 0.15) is 6.10 Å². The van der Waals surface area contributed by atoms with E-state index >= 15 is 0 Å². The SMILES string of the molecule is O=C([O-])[C@H](O)C(c1ccccc1)c1ccccc1.[Cs+]. The molecule has 0 radical (unpaired) electrons. The third-order valence-electron chi connectivity index (χ3n) is 2.87. The minimum atomic E-state index is -1.56. The summed E-state index contributed by atoms with van der Waals surface area (Å²) in [6, 6.07) is 18.1. The second-order valence-electron chi connectivity index (χ2n) is 4.06. The first-order valence-electron chi connectivity index (χ1n) is 5.69. The van der Waals surface area contributed by atoms with Crippen LogP contribution in [0.1, 0.15) is 17.0 Å². The average molecular weight is 374 g/mol. The number of rotatable bonds is 4. The van der Waals surface area contributed by atoms with Crippen LogP contribution in [0.25, 0.3) is 0 Å². The number of aliphatic hydroxyl groups excluding tert-OH is 1. The fourth-order valence-corrected chi connectivity index (χ4v) is 2.01. The van der Waals surface area contributed by atoms with Gasteiger partial charge in [0.2, 0.25) is 0 Å². The molecule has 0 aromatic heterocycles. The van der Waals surface area contributed by atoms with Crippen molar-refractivity contribution in [3.63, 3.8) is 0 Å². The minimum absolute atomic E-state index is 0. The van der Waals surface area contributed by atoms with E-state index in [1.807, 2.05) is 36.4 Å². The number of aliphatic carboxylic acids is 1. The first-order chi connectivity index (χ1) is 8.70. The first kappa shape index (κ1) is 17.0. The molecule has 0 heterocycles. The number of carbonyl (C=O) groups excluding carboxylic acids is 1. The van der Waals surface area contributed by atoms with E-state index in [0.29, 0.717) is 0 Å². The van der Waals surface area contributed by atoms with Gasteiger partial charge in [-0.1, -0.05) is 60.7 Å². The molecule has 0 saturated carbocycles. The van der Waals surface area contributed by atoms with Crippen molar-refractivity contribution in [1.29, 1.82) is 0 Å². The van der Waals surface area contributed by atoms with Crippen molar-refractivity contribution >= 4 is 5.97 Å². The van der Waals surface area contributed by atoms with E-state index in [2.05, 4.69) is 0 Å². The maximum atomic E-state index is 10.9. The van der Waals surface area contributed by atoms with Crippen LogP contribution in [0.5, 0.6) is 0 Å². The van der Waals surface area contributed by atoms with Crippen LogP contribution in [-0.4, -0.2) is 17.2 Å². The topological polar surface area (TPSA) is 60.4 Å². The smallest absolute Gasteiger partial charge is 0.547 e. The largest absolute Gasteiger partial charge is 1.00 e. The predicted octanol–water partition coefficient (Wildman–Crippen LogP) is -2.07. The molecule has 2 aromatic rings. The summed E-state index contributed by atoms with van der Waals surface area (Å²) in [5.41, 5.74) is 1.50. The van der Waals surface area contributed by atoms with Gasteiger partial charge in [0.05, 0.1) is 5.97 Å². The maximum absolute atomic E-state index is 10.9. The maximum Gasteiger partial charge on any atom is 1.00 e. The molecule has 0 fully saturated rings. The molecule has 0 amide bonds. The molecule has 0 spiro atoms. The van der Waals surface area contributed by atoms with Crippen LogP contribution < -0.4 is 74.0 Å². The van der Waals surface area contributed by atoms with Crippen LogP contribution in [0.4, 0.5) is 0 Å². The Morgan fingerprint density at radius 1 is 0.895 bits per heavy atom. The number of aliphatic hydroxyl groups is 1. The van der Waals surface area contributed by atoms with E-state index in [1.54, 1.807) is 24.3 Å². The molecule has 2 rings (SSSR count). The zero-order chi connectivity index (χ0) is 13.0. The van der Waals surface area contributed by atoms with Crippen LogP contribution in [0.2, 0.25) is 0 Å². The molecule has 0 aliphatic heterocycles. The number of hydrogen-bond acceptors (Lipinski definition) is 3. The Bertz CT molecular complexity index is 474. The molecule has 1 N–H and O–H groups in total. The summed E-state index contributed by atoms with van der Waals surface area (Å²) < 4.78 is 0. The first-order valence-corrected chi connectivity index (χ1v) is 5.69. The van der Waals surface area contributed by atoms with E-state index < -0.39 is 18.0 Å². The third-order valence-corrected chi connectivity index (χ3v) is 2.87. The van der Waals surface area contributed by atoms with Crippen molar-refractivity contribution in [3.05, 3.63) is 71.8 Å². The summed E-state index contributed by atoms with van der Waals surface area (Å²) in [4.78, 5) is 10.9. The molecule has 4 heteroatoms. The van der Waals surface area contributed by atoms with Gasteiger partial charge in [-0.15, -0.1) is 0 Å². The number of benzene rings is 2. The van der Waals surface area contributed by atoms with Gasteiger partial charge < -0.3 is 15.0 Å². The Balaban J connectivity index is 0.00000180. The summed E-state index contributed by atoms with van der Waals surface area (Å²) in [5, 5.41) is 20.8. The second kappa shape index (κ2) is 8.26.